The number of carbonyl (C=O) groups excluding carboxylic acids is 1. The highest BCUT2D eigenvalue weighted by Crippen LogP contribution is 2.21. The van der Waals surface area contributed by atoms with Crippen molar-refractivity contribution in [1.82, 2.24) is 5.32 Å². The number of rotatable bonds is 6. The largest absolute Gasteiger partial charge is 0.352 e. The molecule has 0 saturated heterocycles. The van der Waals surface area contributed by atoms with E-state index in [0.29, 0.717) is 11.6 Å². The van der Waals surface area contributed by atoms with Crippen LogP contribution in [0.4, 0.5) is 5.69 Å². The van der Waals surface area contributed by atoms with Crippen molar-refractivity contribution in [3.05, 3.63) is 73.8 Å². The van der Waals surface area contributed by atoms with Crippen molar-refractivity contribution in [2.24, 2.45) is 0 Å². The lowest BCUT2D eigenvalue weighted by atomic mass is 10.1. The first-order valence-corrected chi connectivity index (χ1v) is 7.69. The summed E-state index contributed by atoms with van der Waals surface area (Å²) in [6.07, 6.45) is 1.53. The van der Waals surface area contributed by atoms with E-state index in [0.717, 1.165) is 18.4 Å². The quantitative estimate of drug-likeness (QED) is 0.479. The van der Waals surface area contributed by atoms with Crippen LogP contribution in [0.1, 0.15) is 22.3 Å². The fourth-order valence-electron chi connectivity index (χ4n) is 2.04. The molecule has 0 atom stereocenters. The van der Waals surface area contributed by atoms with Crippen LogP contribution in [0, 0.1) is 10.1 Å². The van der Waals surface area contributed by atoms with Crippen LogP contribution in [0.25, 0.3) is 0 Å². The lowest BCUT2D eigenvalue weighted by molar-refractivity contribution is -0.384. The second kappa shape index (κ2) is 7.94. The minimum Gasteiger partial charge on any atom is -0.352 e. The van der Waals surface area contributed by atoms with Gasteiger partial charge >= 0.3 is 0 Å². The SMILES string of the molecule is O=C(NCCCc1ccc(Cl)cc1)c1cc([N+](=O)[O-])ccc1Cl. The summed E-state index contributed by atoms with van der Waals surface area (Å²) in [5, 5.41) is 14.3. The monoisotopic (exact) mass is 352 g/mol. The van der Waals surface area contributed by atoms with Gasteiger partial charge in [0.1, 0.15) is 0 Å². The third kappa shape index (κ3) is 4.94. The summed E-state index contributed by atoms with van der Waals surface area (Å²) < 4.78 is 0. The number of aryl methyl sites for hydroxylation is 1. The van der Waals surface area contributed by atoms with Crippen LogP contribution in [0.3, 0.4) is 0 Å². The number of amides is 1. The summed E-state index contributed by atoms with van der Waals surface area (Å²) in [5.41, 5.74) is 1.06. The maximum absolute atomic E-state index is 12.1. The summed E-state index contributed by atoms with van der Waals surface area (Å²) in [7, 11) is 0. The fourth-order valence-corrected chi connectivity index (χ4v) is 2.37. The number of benzene rings is 2. The number of carbonyl (C=O) groups is 1. The second-order valence-electron chi connectivity index (χ2n) is 4.91. The highest BCUT2D eigenvalue weighted by molar-refractivity contribution is 6.34. The van der Waals surface area contributed by atoms with Gasteiger partial charge in [-0.15, -0.1) is 0 Å². The van der Waals surface area contributed by atoms with Gasteiger partial charge in [0, 0.05) is 23.7 Å². The molecular weight excluding hydrogens is 339 g/mol. The van der Waals surface area contributed by atoms with Gasteiger partial charge in [-0.2, -0.15) is 0 Å². The molecule has 120 valence electrons. The number of nitro groups is 1. The molecule has 0 radical (unpaired) electrons. The maximum Gasteiger partial charge on any atom is 0.270 e. The number of nitrogens with one attached hydrogen (secondary N) is 1. The third-order valence-corrected chi connectivity index (χ3v) is 3.83. The number of nitro benzene ring substituents is 1. The minimum absolute atomic E-state index is 0.104. The average molecular weight is 353 g/mol. The van der Waals surface area contributed by atoms with Crippen molar-refractivity contribution in [3.8, 4) is 0 Å². The van der Waals surface area contributed by atoms with Crippen molar-refractivity contribution >= 4 is 34.8 Å². The minimum atomic E-state index is -0.562. The Bertz CT molecular complexity index is 718. The zero-order chi connectivity index (χ0) is 16.8. The van der Waals surface area contributed by atoms with Gasteiger partial charge in [-0.1, -0.05) is 35.3 Å². The van der Waals surface area contributed by atoms with Crippen molar-refractivity contribution < 1.29 is 9.72 Å². The van der Waals surface area contributed by atoms with E-state index in [1.54, 1.807) is 0 Å². The van der Waals surface area contributed by atoms with Crippen LogP contribution in [0.5, 0.6) is 0 Å². The Hall–Kier alpha value is -2.11. The molecular formula is C16H14Cl2N2O3. The van der Waals surface area contributed by atoms with E-state index in [2.05, 4.69) is 5.32 Å². The van der Waals surface area contributed by atoms with Crippen LogP contribution in [-0.4, -0.2) is 17.4 Å². The molecule has 23 heavy (non-hydrogen) atoms. The fraction of sp³-hybridized carbons (Fsp3) is 0.188. The van der Waals surface area contributed by atoms with Crippen LogP contribution in [-0.2, 0) is 6.42 Å². The third-order valence-electron chi connectivity index (χ3n) is 3.25. The summed E-state index contributed by atoms with van der Waals surface area (Å²) in [4.78, 5) is 22.2. The first kappa shape index (κ1) is 17.2. The number of hydrogen-bond acceptors (Lipinski definition) is 3. The van der Waals surface area contributed by atoms with E-state index >= 15 is 0 Å². The Morgan fingerprint density at radius 3 is 2.48 bits per heavy atom. The Balaban J connectivity index is 1.88. The smallest absolute Gasteiger partial charge is 0.270 e. The number of nitrogens with zero attached hydrogens (tertiary/aromatic N) is 1. The van der Waals surface area contributed by atoms with E-state index in [1.807, 2.05) is 24.3 Å². The van der Waals surface area contributed by atoms with Gasteiger partial charge in [0.15, 0.2) is 0 Å². The highest BCUT2D eigenvalue weighted by Gasteiger charge is 2.15. The van der Waals surface area contributed by atoms with Crippen LogP contribution in [0.2, 0.25) is 10.0 Å². The van der Waals surface area contributed by atoms with Gasteiger partial charge < -0.3 is 5.32 Å². The Morgan fingerprint density at radius 2 is 1.83 bits per heavy atom. The molecule has 5 nitrogen and oxygen atoms in total. The zero-order valence-electron chi connectivity index (χ0n) is 12.1. The molecule has 2 aromatic rings. The lowest BCUT2D eigenvalue weighted by Crippen LogP contribution is -2.25. The van der Waals surface area contributed by atoms with E-state index < -0.39 is 10.8 Å². The highest BCUT2D eigenvalue weighted by atomic mass is 35.5. The Morgan fingerprint density at radius 1 is 1.13 bits per heavy atom. The molecule has 2 aromatic carbocycles. The molecule has 0 unspecified atom stereocenters. The predicted octanol–water partition coefficient (Wildman–Crippen LogP) is 4.26. The van der Waals surface area contributed by atoms with Crippen molar-refractivity contribution in [3.63, 3.8) is 0 Å². The lowest BCUT2D eigenvalue weighted by Gasteiger charge is -2.07. The molecule has 0 aliphatic carbocycles. The van der Waals surface area contributed by atoms with Crippen LogP contribution in [0.15, 0.2) is 42.5 Å². The molecule has 7 heteroatoms. The van der Waals surface area contributed by atoms with Gasteiger partial charge in [-0.3, -0.25) is 14.9 Å². The topological polar surface area (TPSA) is 72.2 Å². The molecule has 0 aliphatic heterocycles. The van der Waals surface area contributed by atoms with E-state index in [-0.39, 0.29) is 16.3 Å². The summed E-state index contributed by atoms with van der Waals surface area (Å²) >= 11 is 11.7. The van der Waals surface area contributed by atoms with Crippen LogP contribution < -0.4 is 5.32 Å². The standard InChI is InChI=1S/C16H14Cl2N2O3/c17-12-5-3-11(4-6-12)2-1-9-19-16(21)14-10-13(20(22)23)7-8-15(14)18/h3-8,10H,1-2,9H2,(H,19,21). The van der Waals surface area contributed by atoms with Crippen LogP contribution >= 0.6 is 23.2 Å². The van der Waals surface area contributed by atoms with Gasteiger partial charge in [0.25, 0.3) is 11.6 Å². The molecule has 1 N–H and O–H groups in total. The van der Waals surface area contributed by atoms with E-state index in [1.165, 1.54) is 18.2 Å². The summed E-state index contributed by atoms with van der Waals surface area (Å²) in [5.74, 6) is -0.421. The zero-order valence-corrected chi connectivity index (χ0v) is 13.6. The van der Waals surface area contributed by atoms with Gasteiger partial charge in [-0.25, -0.2) is 0 Å². The van der Waals surface area contributed by atoms with E-state index in [9.17, 15) is 14.9 Å². The number of halogens is 2. The molecule has 0 spiro atoms. The van der Waals surface area contributed by atoms with E-state index in [4.69, 9.17) is 23.2 Å². The molecule has 0 aliphatic rings. The molecule has 0 heterocycles. The van der Waals surface area contributed by atoms with Gasteiger partial charge in [-0.05, 0) is 36.6 Å². The predicted molar refractivity (Wildman–Crippen MR) is 90.2 cm³/mol. The first-order valence-electron chi connectivity index (χ1n) is 6.94. The normalized spacial score (nSPS) is 10.3. The van der Waals surface area contributed by atoms with Crippen molar-refractivity contribution in [2.45, 2.75) is 12.8 Å². The van der Waals surface area contributed by atoms with Crippen molar-refractivity contribution in [2.75, 3.05) is 6.54 Å². The summed E-state index contributed by atoms with van der Waals surface area (Å²) in [6, 6.07) is 11.3. The molecule has 2 rings (SSSR count). The second-order valence-corrected chi connectivity index (χ2v) is 5.75. The maximum atomic E-state index is 12.1. The summed E-state index contributed by atoms with van der Waals surface area (Å²) in [6.45, 7) is 0.445. The molecule has 0 bridgehead atoms. The Kier molecular flexibility index (Phi) is 5.96. The molecule has 0 saturated carbocycles. The Labute approximate surface area is 143 Å². The first-order chi connectivity index (χ1) is 11.0. The molecule has 1 amide bonds. The molecule has 0 aromatic heterocycles. The molecule has 0 fully saturated rings. The number of non-ortho nitro benzene ring substituents is 1. The van der Waals surface area contributed by atoms with Gasteiger partial charge in [0.05, 0.1) is 15.5 Å². The number of hydrogen-bond donors (Lipinski definition) is 1. The van der Waals surface area contributed by atoms with Gasteiger partial charge in [0.2, 0.25) is 0 Å². The average Bonchev–Trinajstić information content (AvgIpc) is 2.53. The van der Waals surface area contributed by atoms with Crippen molar-refractivity contribution in [1.29, 1.82) is 0 Å².